The van der Waals surface area contributed by atoms with Gasteiger partial charge in [0.25, 0.3) is 5.91 Å². The lowest BCUT2D eigenvalue weighted by atomic mass is 10.1. The number of ether oxygens (including phenoxy) is 1. The number of aromatic nitrogens is 4. The third-order valence-corrected chi connectivity index (χ3v) is 5.44. The number of carbonyl (C=O) groups excluding carboxylic acids is 1. The highest BCUT2D eigenvalue weighted by Gasteiger charge is 2.14. The molecule has 0 spiro atoms. The summed E-state index contributed by atoms with van der Waals surface area (Å²) in [5, 5.41) is 6.81. The fourth-order valence-electron chi connectivity index (χ4n) is 3.73. The van der Waals surface area contributed by atoms with Crippen molar-refractivity contribution in [3.63, 3.8) is 0 Å². The summed E-state index contributed by atoms with van der Waals surface area (Å²) in [5.41, 5.74) is 4.12. The Balaban J connectivity index is 1.38. The monoisotopic (exact) mass is 462 g/mol. The van der Waals surface area contributed by atoms with E-state index >= 15 is 0 Å². The molecule has 1 amide bonds. The van der Waals surface area contributed by atoms with Crippen LogP contribution in [0.1, 0.15) is 15.9 Å². The number of aryl methyl sites for hydroxylation is 1. The van der Waals surface area contributed by atoms with E-state index in [4.69, 9.17) is 4.74 Å². The Morgan fingerprint density at radius 1 is 0.886 bits per heavy atom. The third-order valence-electron chi connectivity index (χ3n) is 5.44. The largest absolute Gasteiger partial charge is 0.438 e. The molecule has 0 aliphatic heterocycles. The smallest absolute Gasteiger partial charge is 0.257 e. The Bertz CT molecular complexity index is 1530. The maximum atomic E-state index is 13.0. The minimum atomic E-state index is -0.224. The molecule has 0 saturated carbocycles. The molecule has 0 atom stereocenters. The van der Waals surface area contributed by atoms with Crippen LogP contribution in [0.5, 0.6) is 11.6 Å². The van der Waals surface area contributed by atoms with E-state index in [1.54, 1.807) is 43.8 Å². The number of nitrogens with zero attached hydrogens (tertiary/aromatic N) is 4. The summed E-state index contributed by atoms with van der Waals surface area (Å²) >= 11 is 0. The van der Waals surface area contributed by atoms with Crippen LogP contribution < -0.4 is 15.4 Å². The molecule has 0 radical (unpaired) electrons. The normalized spacial score (nSPS) is 10.7. The molecule has 2 N–H and O–H groups in total. The second-order valence-corrected chi connectivity index (χ2v) is 7.79. The zero-order valence-electron chi connectivity index (χ0n) is 19.2. The molecule has 35 heavy (non-hydrogen) atoms. The fraction of sp³-hybridized carbons (Fsp3) is 0.0741. The van der Waals surface area contributed by atoms with Crippen LogP contribution in [0.3, 0.4) is 0 Å². The predicted octanol–water partition coefficient (Wildman–Crippen LogP) is 5.48. The molecule has 0 aliphatic rings. The molecule has 0 unspecified atom stereocenters. The van der Waals surface area contributed by atoms with Gasteiger partial charge in [-0.2, -0.15) is 0 Å². The summed E-state index contributed by atoms with van der Waals surface area (Å²) in [6.45, 7) is 1.91. The van der Waals surface area contributed by atoms with Crippen LogP contribution >= 0.6 is 0 Å². The number of hydrogen-bond donors (Lipinski definition) is 2. The molecular weight excluding hydrogens is 440 g/mol. The standard InChI is InChI=1S/C27H22N6O2/c1-17-16-19(32-25(34)21-8-3-6-18-7-4-13-29-24(18)21)10-11-23(17)35-26-20(9-5-14-30-26)22-12-15-31-27(28-2)33-22/h3-16H,1-2H3,(H,32,34)(H,28,31,33). The van der Waals surface area contributed by atoms with Crippen LogP contribution in [0.2, 0.25) is 0 Å². The first-order valence-corrected chi connectivity index (χ1v) is 11.0. The number of carbonyl (C=O) groups is 1. The van der Waals surface area contributed by atoms with Gasteiger partial charge in [0.15, 0.2) is 0 Å². The number of benzene rings is 2. The Morgan fingerprint density at radius 2 is 1.71 bits per heavy atom. The first kappa shape index (κ1) is 22.0. The van der Waals surface area contributed by atoms with Crippen molar-refractivity contribution in [3.8, 4) is 22.9 Å². The topological polar surface area (TPSA) is 102 Å². The van der Waals surface area contributed by atoms with Gasteiger partial charge in [-0.25, -0.2) is 15.0 Å². The van der Waals surface area contributed by atoms with E-state index < -0.39 is 0 Å². The number of nitrogens with one attached hydrogen (secondary N) is 2. The molecule has 172 valence electrons. The molecule has 3 aromatic heterocycles. The summed E-state index contributed by atoms with van der Waals surface area (Å²) < 4.78 is 6.16. The predicted molar refractivity (Wildman–Crippen MR) is 136 cm³/mol. The summed E-state index contributed by atoms with van der Waals surface area (Å²) in [6.07, 6.45) is 5.03. The minimum Gasteiger partial charge on any atom is -0.438 e. The minimum absolute atomic E-state index is 0.224. The number of anilines is 2. The van der Waals surface area contributed by atoms with Crippen molar-refractivity contribution in [3.05, 3.63) is 96.4 Å². The maximum Gasteiger partial charge on any atom is 0.257 e. The van der Waals surface area contributed by atoms with Gasteiger partial charge in [0, 0.05) is 36.7 Å². The number of amides is 1. The highest BCUT2D eigenvalue weighted by molar-refractivity contribution is 6.11. The molecule has 8 heteroatoms. The first-order valence-electron chi connectivity index (χ1n) is 11.0. The van der Waals surface area contributed by atoms with Crippen LogP contribution in [0, 0.1) is 6.92 Å². The molecule has 0 bridgehead atoms. The Labute approximate surface area is 202 Å². The van der Waals surface area contributed by atoms with Gasteiger partial charge in [-0.15, -0.1) is 0 Å². The van der Waals surface area contributed by atoms with Gasteiger partial charge in [0.05, 0.1) is 22.3 Å². The Morgan fingerprint density at radius 3 is 2.57 bits per heavy atom. The number of rotatable bonds is 6. The van der Waals surface area contributed by atoms with Crippen LogP contribution in [-0.4, -0.2) is 32.9 Å². The van der Waals surface area contributed by atoms with Crippen LogP contribution in [0.15, 0.2) is 85.3 Å². The van der Waals surface area contributed by atoms with Crippen molar-refractivity contribution in [2.45, 2.75) is 6.92 Å². The summed E-state index contributed by atoms with van der Waals surface area (Å²) in [6, 6.07) is 20.3. The average molecular weight is 463 g/mol. The van der Waals surface area contributed by atoms with E-state index in [2.05, 4.69) is 30.6 Å². The summed E-state index contributed by atoms with van der Waals surface area (Å²) in [5.74, 6) is 1.33. The van der Waals surface area contributed by atoms with Crippen LogP contribution in [0.25, 0.3) is 22.2 Å². The van der Waals surface area contributed by atoms with Crippen molar-refractivity contribution in [2.75, 3.05) is 17.7 Å². The highest BCUT2D eigenvalue weighted by atomic mass is 16.5. The van der Waals surface area contributed by atoms with E-state index in [0.717, 1.165) is 16.5 Å². The van der Waals surface area contributed by atoms with Crippen molar-refractivity contribution in [1.82, 2.24) is 19.9 Å². The van der Waals surface area contributed by atoms with E-state index in [1.807, 2.05) is 55.5 Å². The number of fused-ring (bicyclic) bond motifs is 1. The number of hydrogen-bond acceptors (Lipinski definition) is 7. The van der Waals surface area contributed by atoms with Crippen LogP contribution in [0.4, 0.5) is 11.6 Å². The van der Waals surface area contributed by atoms with Crippen LogP contribution in [-0.2, 0) is 0 Å². The van der Waals surface area contributed by atoms with Crippen molar-refractivity contribution in [1.29, 1.82) is 0 Å². The summed E-state index contributed by atoms with van der Waals surface area (Å²) in [4.78, 5) is 30.4. The van der Waals surface area contributed by atoms with Crippen molar-refractivity contribution in [2.24, 2.45) is 0 Å². The van der Waals surface area contributed by atoms with Gasteiger partial charge in [0.1, 0.15) is 5.75 Å². The lowest BCUT2D eigenvalue weighted by Crippen LogP contribution is -2.13. The zero-order chi connectivity index (χ0) is 24.2. The Hall–Kier alpha value is -4.85. The molecule has 5 aromatic rings. The quantitative estimate of drug-likeness (QED) is 0.344. The molecule has 8 nitrogen and oxygen atoms in total. The van der Waals surface area contributed by atoms with Gasteiger partial charge in [-0.3, -0.25) is 9.78 Å². The molecule has 2 aromatic carbocycles. The number of para-hydroxylation sites is 1. The van der Waals surface area contributed by atoms with Gasteiger partial charge < -0.3 is 15.4 Å². The molecule has 5 rings (SSSR count). The molecule has 0 fully saturated rings. The SMILES string of the molecule is CNc1nccc(-c2cccnc2Oc2ccc(NC(=O)c3cccc4cccnc34)cc2C)n1. The second kappa shape index (κ2) is 9.56. The molecule has 0 aliphatic carbocycles. The van der Waals surface area contributed by atoms with Gasteiger partial charge in [0.2, 0.25) is 11.8 Å². The third kappa shape index (κ3) is 4.63. The van der Waals surface area contributed by atoms with E-state index in [9.17, 15) is 4.79 Å². The van der Waals surface area contributed by atoms with Gasteiger partial charge >= 0.3 is 0 Å². The average Bonchev–Trinajstić information content (AvgIpc) is 2.90. The molecular formula is C27H22N6O2. The van der Waals surface area contributed by atoms with Crippen molar-refractivity contribution < 1.29 is 9.53 Å². The zero-order valence-corrected chi connectivity index (χ0v) is 19.2. The fourth-order valence-corrected chi connectivity index (χ4v) is 3.73. The Kier molecular flexibility index (Phi) is 6.00. The van der Waals surface area contributed by atoms with E-state index in [1.165, 1.54) is 0 Å². The van der Waals surface area contributed by atoms with Gasteiger partial charge in [-0.1, -0.05) is 18.2 Å². The lowest BCUT2D eigenvalue weighted by molar-refractivity contribution is 0.102. The van der Waals surface area contributed by atoms with Gasteiger partial charge in [-0.05, 0) is 61.0 Å². The highest BCUT2D eigenvalue weighted by Crippen LogP contribution is 2.33. The molecule has 0 saturated heterocycles. The maximum absolute atomic E-state index is 13.0. The molecule has 3 heterocycles. The number of pyridine rings is 2. The van der Waals surface area contributed by atoms with Crippen molar-refractivity contribution >= 4 is 28.4 Å². The van der Waals surface area contributed by atoms with E-state index in [-0.39, 0.29) is 5.91 Å². The lowest BCUT2D eigenvalue weighted by Gasteiger charge is -2.13. The summed E-state index contributed by atoms with van der Waals surface area (Å²) in [7, 11) is 1.76. The van der Waals surface area contributed by atoms with E-state index in [0.29, 0.717) is 40.0 Å². The second-order valence-electron chi connectivity index (χ2n) is 7.79. The first-order chi connectivity index (χ1) is 17.1.